The second-order valence-corrected chi connectivity index (χ2v) is 4.55. The third kappa shape index (κ3) is 3.70. The Morgan fingerprint density at radius 3 is 2.71 bits per heavy atom. The summed E-state index contributed by atoms with van der Waals surface area (Å²) in [6.07, 6.45) is 2.31. The molecular formula is C14H23FN2. The molecule has 0 radical (unpaired) electrons. The summed E-state index contributed by atoms with van der Waals surface area (Å²) in [5.41, 5.74) is 2.12. The summed E-state index contributed by atoms with van der Waals surface area (Å²) in [6, 6.07) is 5.49. The van der Waals surface area contributed by atoms with E-state index in [9.17, 15) is 4.39 Å². The molecule has 0 heterocycles. The van der Waals surface area contributed by atoms with Gasteiger partial charge in [0, 0.05) is 25.3 Å². The quantitative estimate of drug-likeness (QED) is 0.819. The molecule has 3 heteroatoms. The standard InChI is InChI=1S/C14H23FN2/c1-5-6-11(2)17(4)14-8-7-13(15)9-12(14)10-16-3/h7-9,11,16H,5-6,10H2,1-4H3. The Labute approximate surface area is 104 Å². The summed E-state index contributed by atoms with van der Waals surface area (Å²) in [5, 5.41) is 3.08. The largest absolute Gasteiger partial charge is 0.372 e. The van der Waals surface area contributed by atoms with Gasteiger partial charge in [0.1, 0.15) is 5.82 Å². The molecule has 0 amide bonds. The van der Waals surface area contributed by atoms with Crippen LogP contribution < -0.4 is 10.2 Å². The van der Waals surface area contributed by atoms with Gasteiger partial charge in [-0.1, -0.05) is 13.3 Å². The molecule has 1 N–H and O–H groups in total. The number of rotatable bonds is 6. The molecule has 0 aromatic heterocycles. The number of nitrogens with zero attached hydrogens (tertiary/aromatic N) is 1. The predicted octanol–water partition coefficient (Wildman–Crippen LogP) is 3.17. The fourth-order valence-corrected chi connectivity index (χ4v) is 2.08. The van der Waals surface area contributed by atoms with Crippen LogP contribution in [0.25, 0.3) is 0 Å². The van der Waals surface area contributed by atoms with Gasteiger partial charge in [0.2, 0.25) is 0 Å². The maximum Gasteiger partial charge on any atom is 0.123 e. The normalized spacial score (nSPS) is 12.5. The third-order valence-electron chi connectivity index (χ3n) is 3.16. The highest BCUT2D eigenvalue weighted by atomic mass is 19.1. The van der Waals surface area contributed by atoms with Gasteiger partial charge in [-0.15, -0.1) is 0 Å². The Kier molecular flexibility index (Phi) is 5.42. The summed E-state index contributed by atoms with van der Waals surface area (Å²) in [4.78, 5) is 2.23. The summed E-state index contributed by atoms with van der Waals surface area (Å²) in [5.74, 6) is -0.171. The fourth-order valence-electron chi connectivity index (χ4n) is 2.08. The van der Waals surface area contributed by atoms with Gasteiger partial charge < -0.3 is 10.2 Å². The van der Waals surface area contributed by atoms with Crippen molar-refractivity contribution < 1.29 is 4.39 Å². The minimum absolute atomic E-state index is 0.171. The summed E-state index contributed by atoms with van der Waals surface area (Å²) >= 11 is 0. The van der Waals surface area contributed by atoms with E-state index in [0.717, 1.165) is 24.1 Å². The maximum atomic E-state index is 13.2. The van der Waals surface area contributed by atoms with Gasteiger partial charge >= 0.3 is 0 Å². The van der Waals surface area contributed by atoms with Crippen molar-refractivity contribution >= 4 is 5.69 Å². The van der Waals surface area contributed by atoms with Gasteiger partial charge in [-0.25, -0.2) is 4.39 Å². The van der Waals surface area contributed by atoms with E-state index in [2.05, 4.69) is 31.1 Å². The summed E-state index contributed by atoms with van der Waals surface area (Å²) in [7, 11) is 3.96. The molecule has 96 valence electrons. The molecule has 0 bridgehead atoms. The van der Waals surface area contributed by atoms with E-state index >= 15 is 0 Å². The van der Waals surface area contributed by atoms with Crippen molar-refractivity contribution in [3.63, 3.8) is 0 Å². The molecule has 2 nitrogen and oxygen atoms in total. The van der Waals surface area contributed by atoms with Crippen LogP contribution in [0.3, 0.4) is 0 Å². The lowest BCUT2D eigenvalue weighted by Crippen LogP contribution is -2.30. The van der Waals surface area contributed by atoms with E-state index in [1.807, 2.05) is 13.1 Å². The number of anilines is 1. The molecule has 1 atom stereocenters. The highest BCUT2D eigenvalue weighted by Gasteiger charge is 2.13. The smallest absolute Gasteiger partial charge is 0.123 e. The molecule has 0 aliphatic carbocycles. The van der Waals surface area contributed by atoms with Crippen LogP contribution in [-0.2, 0) is 6.54 Å². The van der Waals surface area contributed by atoms with Crippen molar-refractivity contribution in [2.75, 3.05) is 19.0 Å². The van der Waals surface area contributed by atoms with Crippen molar-refractivity contribution in [1.82, 2.24) is 5.32 Å². The van der Waals surface area contributed by atoms with E-state index in [-0.39, 0.29) is 5.82 Å². The average Bonchev–Trinajstić information content (AvgIpc) is 2.29. The topological polar surface area (TPSA) is 15.3 Å². The van der Waals surface area contributed by atoms with Crippen LogP contribution in [0.2, 0.25) is 0 Å². The molecule has 1 unspecified atom stereocenters. The van der Waals surface area contributed by atoms with Crippen molar-refractivity contribution in [3.05, 3.63) is 29.6 Å². The van der Waals surface area contributed by atoms with E-state index in [1.54, 1.807) is 6.07 Å². The Hall–Kier alpha value is -1.09. The van der Waals surface area contributed by atoms with Crippen LogP contribution in [0.1, 0.15) is 32.3 Å². The van der Waals surface area contributed by atoms with Crippen molar-refractivity contribution in [2.45, 2.75) is 39.3 Å². The molecule has 0 spiro atoms. The lowest BCUT2D eigenvalue weighted by atomic mass is 10.1. The zero-order valence-electron chi connectivity index (χ0n) is 11.3. The van der Waals surface area contributed by atoms with Gasteiger partial charge in [0.15, 0.2) is 0 Å². The molecule has 0 saturated carbocycles. The first-order valence-corrected chi connectivity index (χ1v) is 6.26. The van der Waals surface area contributed by atoms with Crippen molar-refractivity contribution in [1.29, 1.82) is 0 Å². The first-order valence-electron chi connectivity index (χ1n) is 6.26. The fraction of sp³-hybridized carbons (Fsp3) is 0.571. The number of benzene rings is 1. The Morgan fingerprint density at radius 1 is 1.41 bits per heavy atom. The second-order valence-electron chi connectivity index (χ2n) is 4.55. The van der Waals surface area contributed by atoms with Crippen LogP contribution in [-0.4, -0.2) is 20.1 Å². The zero-order chi connectivity index (χ0) is 12.8. The van der Waals surface area contributed by atoms with Crippen molar-refractivity contribution in [3.8, 4) is 0 Å². The molecule has 0 aliphatic heterocycles. The lowest BCUT2D eigenvalue weighted by molar-refractivity contribution is 0.605. The minimum atomic E-state index is -0.171. The van der Waals surface area contributed by atoms with E-state index < -0.39 is 0 Å². The first kappa shape index (κ1) is 14.0. The second kappa shape index (κ2) is 6.60. The van der Waals surface area contributed by atoms with E-state index in [1.165, 1.54) is 6.07 Å². The summed E-state index contributed by atoms with van der Waals surface area (Å²) in [6.45, 7) is 5.08. The van der Waals surface area contributed by atoms with E-state index in [4.69, 9.17) is 0 Å². The summed E-state index contributed by atoms with van der Waals surface area (Å²) < 4.78 is 13.2. The Bertz CT molecular complexity index is 352. The van der Waals surface area contributed by atoms with Gasteiger partial charge in [-0.2, -0.15) is 0 Å². The van der Waals surface area contributed by atoms with Crippen molar-refractivity contribution in [2.24, 2.45) is 0 Å². The molecule has 1 rings (SSSR count). The van der Waals surface area contributed by atoms with E-state index in [0.29, 0.717) is 12.6 Å². The number of nitrogens with one attached hydrogen (secondary N) is 1. The number of hydrogen-bond acceptors (Lipinski definition) is 2. The van der Waals surface area contributed by atoms with Gasteiger partial charge in [0.05, 0.1) is 0 Å². The number of hydrogen-bond donors (Lipinski definition) is 1. The number of halogens is 1. The van der Waals surface area contributed by atoms with Gasteiger partial charge in [-0.05, 0) is 44.2 Å². The molecule has 1 aromatic rings. The molecular weight excluding hydrogens is 215 g/mol. The minimum Gasteiger partial charge on any atom is -0.372 e. The van der Waals surface area contributed by atoms with Crippen LogP contribution in [0.5, 0.6) is 0 Å². The molecule has 0 fully saturated rings. The van der Waals surface area contributed by atoms with Crippen LogP contribution in [0.4, 0.5) is 10.1 Å². The third-order valence-corrected chi connectivity index (χ3v) is 3.16. The zero-order valence-corrected chi connectivity index (χ0v) is 11.3. The first-order chi connectivity index (χ1) is 8.10. The molecule has 0 aliphatic rings. The highest BCUT2D eigenvalue weighted by molar-refractivity contribution is 5.54. The van der Waals surface area contributed by atoms with Crippen LogP contribution in [0, 0.1) is 5.82 Å². The predicted molar refractivity (Wildman–Crippen MR) is 71.9 cm³/mol. The monoisotopic (exact) mass is 238 g/mol. The SMILES string of the molecule is CCCC(C)N(C)c1ccc(F)cc1CNC. The van der Waals surface area contributed by atoms with Crippen LogP contribution >= 0.6 is 0 Å². The average molecular weight is 238 g/mol. The maximum absolute atomic E-state index is 13.2. The molecule has 0 saturated heterocycles. The highest BCUT2D eigenvalue weighted by Crippen LogP contribution is 2.23. The van der Waals surface area contributed by atoms with Gasteiger partial charge in [0.25, 0.3) is 0 Å². The Balaban J connectivity index is 2.94. The molecule has 17 heavy (non-hydrogen) atoms. The van der Waals surface area contributed by atoms with Crippen LogP contribution in [0.15, 0.2) is 18.2 Å². The van der Waals surface area contributed by atoms with Gasteiger partial charge in [-0.3, -0.25) is 0 Å². The molecule has 1 aromatic carbocycles. The lowest BCUT2D eigenvalue weighted by Gasteiger charge is -2.29. The Morgan fingerprint density at radius 2 is 2.12 bits per heavy atom.